The lowest BCUT2D eigenvalue weighted by Gasteiger charge is -2.08. The Kier molecular flexibility index (Phi) is 3.62. The Hall–Kier alpha value is -1.88. The van der Waals surface area contributed by atoms with Gasteiger partial charge < -0.3 is 10.4 Å². The highest BCUT2D eigenvalue weighted by atomic mass is 35.5. The molecule has 1 heterocycles. The quantitative estimate of drug-likeness (QED) is 0.900. The number of hydrogen-bond donors (Lipinski definition) is 2. The maximum Gasteiger partial charge on any atom is 0.404 e. The summed E-state index contributed by atoms with van der Waals surface area (Å²) in [6, 6.07) is 5.15. The molecule has 0 atom stereocenters. The third-order valence-electron chi connectivity index (χ3n) is 2.52. The van der Waals surface area contributed by atoms with Crippen molar-refractivity contribution in [2.75, 3.05) is 6.54 Å². The Balaban J connectivity index is 2.33. The number of fused-ring (bicyclic) bond motifs is 1. The molecule has 2 aromatic rings. The zero-order chi connectivity index (χ0) is 13.1. The first-order chi connectivity index (χ1) is 8.59. The highest BCUT2D eigenvalue weighted by molar-refractivity contribution is 6.32. The predicted octanol–water partition coefficient (Wildman–Crippen LogP) is 2.84. The molecule has 0 saturated heterocycles. The van der Waals surface area contributed by atoms with Crippen LogP contribution in [0.5, 0.6) is 0 Å². The third kappa shape index (κ3) is 2.51. The standard InChI is InChI=1S/C12H10ClFN2O2/c13-9-7(3-5-16-12(17)18)6-8-2-1-4-15-11(8)10(9)14/h1-2,4,6,16H,3,5H2,(H,17,18). The summed E-state index contributed by atoms with van der Waals surface area (Å²) >= 11 is 5.90. The number of nitrogens with one attached hydrogen (secondary N) is 1. The van der Waals surface area contributed by atoms with Crippen molar-refractivity contribution in [3.63, 3.8) is 0 Å². The van der Waals surface area contributed by atoms with Gasteiger partial charge in [-0.25, -0.2) is 9.18 Å². The number of benzene rings is 1. The van der Waals surface area contributed by atoms with Crippen molar-refractivity contribution in [2.24, 2.45) is 0 Å². The summed E-state index contributed by atoms with van der Waals surface area (Å²) in [5.41, 5.74) is 0.779. The molecule has 2 rings (SSSR count). The molecule has 0 aliphatic heterocycles. The minimum atomic E-state index is -1.12. The molecule has 94 valence electrons. The van der Waals surface area contributed by atoms with Gasteiger partial charge >= 0.3 is 6.09 Å². The van der Waals surface area contributed by atoms with Gasteiger partial charge in [-0.3, -0.25) is 4.98 Å². The molecule has 18 heavy (non-hydrogen) atoms. The summed E-state index contributed by atoms with van der Waals surface area (Å²) < 4.78 is 13.9. The van der Waals surface area contributed by atoms with E-state index >= 15 is 0 Å². The van der Waals surface area contributed by atoms with Crippen LogP contribution in [-0.4, -0.2) is 22.7 Å². The molecule has 0 aliphatic carbocycles. The van der Waals surface area contributed by atoms with E-state index in [9.17, 15) is 9.18 Å². The van der Waals surface area contributed by atoms with Gasteiger partial charge in [-0.15, -0.1) is 0 Å². The molecule has 0 aliphatic rings. The Morgan fingerprint density at radius 2 is 2.33 bits per heavy atom. The molecule has 0 fully saturated rings. The molecule has 1 aromatic heterocycles. The van der Waals surface area contributed by atoms with Crippen molar-refractivity contribution < 1.29 is 14.3 Å². The molecule has 0 bridgehead atoms. The normalized spacial score (nSPS) is 10.6. The van der Waals surface area contributed by atoms with Crippen LogP contribution in [0.25, 0.3) is 10.9 Å². The first-order valence-corrected chi connectivity index (χ1v) is 5.66. The van der Waals surface area contributed by atoms with Crippen LogP contribution >= 0.6 is 11.6 Å². The Labute approximate surface area is 107 Å². The maximum absolute atomic E-state index is 13.9. The van der Waals surface area contributed by atoms with Gasteiger partial charge in [-0.2, -0.15) is 0 Å². The van der Waals surface area contributed by atoms with E-state index in [1.54, 1.807) is 18.2 Å². The fraction of sp³-hybridized carbons (Fsp3) is 0.167. The number of amides is 1. The molecule has 0 radical (unpaired) electrons. The molecule has 6 heteroatoms. The summed E-state index contributed by atoms with van der Waals surface area (Å²) in [7, 11) is 0. The van der Waals surface area contributed by atoms with Crippen molar-refractivity contribution in [1.82, 2.24) is 10.3 Å². The van der Waals surface area contributed by atoms with E-state index in [-0.39, 0.29) is 17.1 Å². The van der Waals surface area contributed by atoms with E-state index < -0.39 is 11.9 Å². The average molecular weight is 269 g/mol. The zero-order valence-electron chi connectivity index (χ0n) is 9.28. The number of carbonyl (C=O) groups is 1. The molecule has 1 aromatic carbocycles. The summed E-state index contributed by atoms with van der Waals surface area (Å²) in [5, 5.41) is 11.3. The number of hydrogen-bond acceptors (Lipinski definition) is 2. The minimum Gasteiger partial charge on any atom is -0.465 e. The van der Waals surface area contributed by atoms with Gasteiger partial charge in [0.1, 0.15) is 5.52 Å². The summed E-state index contributed by atoms with van der Waals surface area (Å²) in [5.74, 6) is -0.569. The van der Waals surface area contributed by atoms with Crippen molar-refractivity contribution in [2.45, 2.75) is 6.42 Å². The highest BCUT2D eigenvalue weighted by Crippen LogP contribution is 2.27. The first kappa shape index (κ1) is 12.6. The lowest BCUT2D eigenvalue weighted by atomic mass is 10.1. The summed E-state index contributed by atoms with van der Waals surface area (Å²) in [4.78, 5) is 14.2. The monoisotopic (exact) mass is 268 g/mol. The second kappa shape index (κ2) is 5.18. The molecule has 0 saturated carbocycles. The summed E-state index contributed by atoms with van der Waals surface area (Å²) in [6.45, 7) is 0.181. The smallest absolute Gasteiger partial charge is 0.404 e. The van der Waals surface area contributed by atoms with Crippen LogP contribution in [0.1, 0.15) is 5.56 Å². The Morgan fingerprint density at radius 1 is 1.56 bits per heavy atom. The van der Waals surface area contributed by atoms with E-state index in [0.717, 1.165) is 0 Å². The van der Waals surface area contributed by atoms with E-state index in [4.69, 9.17) is 16.7 Å². The fourth-order valence-corrected chi connectivity index (χ4v) is 1.94. The van der Waals surface area contributed by atoms with Crippen LogP contribution in [0.4, 0.5) is 9.18 Å². The first-order valence-electron chi connectivity index (χ1n) is 5.28. The number of pyridine rings is 1. The molecule has 4 nitrogen and oxygen atoms in total. The minimum absolute atomic E-state index is 0.00612. The molecule has 2 N–H and O–H groups in total. The van der Waals surface area contributed by atoms with Gasteiger partial charge in [0.2, 0.25) is 0 Å². The van der Waals surface area contributed by atoms with Gasteiger partial charge in [0, 0.05) is 18.1 Å². The Morgan fingerprint density at radius 3 is 3.06 bits per heavy atom. The number of aromatic nitrogens is 1. The van der Waals surface area contributed by atoms with E-state index in [0.29, 0.717) is 17.4 Å². The van der Waals surface area contributed by atoms with Crippen molar-refractivity contribution in [3.05, 3.63) is 40.8 Å². The maximum atomic E-state index is 13.9. The number of halogens is 2. The van der Waals surface area contributed by atoms with E-state index in [1.165, 1.54) is 6.20 Å². The highest BCUT2D eigenvalue weighted by Gasteiger charge is 2.12. The van der Waals surface area contributed by atoms with Gasteiger partial charge in [0.05, 0.1) is 5.02 Å². The molecule has 0 spiro atoms. The molecule has 0 unspecified atom stereocenters. The fourth-order valence-electron chi connectivity index (χ4n) is 1.70. The largest absolute Gasteiger partial charge is 0.465 e. The van der Waals surface area contributed by atoms with Crippen LogP contribution in [-0.2, 0) is 6.42 Å². The van der Waals surface area contributed by atoms with Crippen LogP contribution in [0, 0.1) is 5.82 Å². The second-order valence-electron chi connectivity index (χ2n) is 3.72. The lowest BCUT2D eigenvalue weighted by Crippen LogP contribution is -2.23. The molecular formula is C12H10ClFN2O2. The van der Waals surface area contributed by atoms with E-state index in [2.05, 4.69) is 10.3 Å². The number of nitrogens with zero attached hydrogens (tertiary/aromatic N) is 1. The van der Waals surface area contributed by atoms with Crippen molar-refractivity contribution >= 4 is 28.6 Å². The lowest BCUT2D eigenvalue weighted by molar-refractivity contribution is 0.194. The molecule has 1 amide bonds. The number of carboxylic acid groups (broad SMARTS) is 1. The van der Waals surface area contributed by atoms with Gasteiger partial charge in [-0.1, -0.05) is 17.7 Å². The topological polar surface area (TPSA) is 62.2 Å². The van der Waals surface area contributed by atoms with Gasteiger partial charge in [-0.05, 0) is 24.1 Å². The predicted molar refractivity (Wildman–Crippen MR) is 66.4 cm³/mol. The van der Waals surface area contributed by atoms with Gasteiger partial charge in [0.15, 0.2) is 5.82 Å². The van der Waals surface area contributed by atoms with Crippen LogP contribution in [0.2, 0.25) is 5.02 Å². The molecular weight excluding hydrogens is 259 g/mol. The summed E-state index contributed by atoms with van der Waals surface area (Å²) in [6.07, 6.45) is 0.703. The SMILES string of the molecule is O=C(O)NCCc1cc2cccnc2c(F)c1Cl. The van der Waals surface area contributed by atoms with Crippen LogP contribution in [0.3, 0.4) is 0 Å². The zero-order valence-corrected chi connectivity index (χ0v) is 10.0. The second-order valence-corrected chi connectivity index (χ2v) is 4.10. The third-order valence-corrected chi connectivity index (χ3v) is 2.93. The number of rotatable bonds is 3. The van der Waals surface area contributed by atoms with Crippen molar-refractivity contribution in [1.29, 1.82) is 0 Å². The van der Waals surface area contributed by atoms with Crippen LogP contribution < -0.4 is 5.32 Å². The average Bonchev–Trinajstić information content (AvgIpc) is 2.35. The van der Waals surface area contributed by atoms with Gasteiger partial charge in [0.25, 0.3) is 0 Å². The Bertz CT molecular complexity index is 604. The van der Waals surface area contributed by atoms with Crippen molar-refractivity contribution in [3.8, 4) is 0 Å². The van der Waals surface area contributed by atoms with E-state index in [1.807, 2.05) is 0 Å². The van der Waals surface area contributed by atoms with Crippen LogP contribution in [0.15, 0.2) is 24.4 Å².